The second-order valence-corrected chi connectivity index (χ2v) is 8.15. The highest BCUT2D eigenvalue weighted by atomic mass is 35.5. The summed E-state index contributed by atoms with van der Waals surface area (Å²) in [5.74, 6) is -0.289. The Balaban J connectivity index is 2.32. The summed E-state index contributed by atoms with van der Waals surface area (Å²) in [4.78, 5) is 14.0. The molecular weight excluding hydrogens is 348 g/mol. The van der Waals surface area contributed by atoms with Gasteiger partial charge in [-0.15, -0.1) is 0 Å². The number of benzene rings is 2. The van der Waals surface area contributed by atoms with Crippen molar-refractivity contribution in [2.45, 2.75) is 6.04 Å². The maximum absolute atomic E-state index is 12.5. The number of hydrogen-bond donors (Lipinski definition) is 0. The summed E-state index contributed by atoms with van der Waals surface area (Å²) >= 11 is 6.16. The molecule has 0 spiro atoms. The third-order valence-corrected chi connectivity index (χ3v) is 5.57. The van der Waals surface area contributed by atoms with Gasteiger partial charge in [0, 0.05) is 23.3 Å². The van der Waals surface area contributed by atoms with E-state index >= 15 is 0 Å². The molecular formula is C17H17ClN2O3S. The Morgan fingerprint density at radius 1 is 1.12 bits per heavy atom. The lowest BCUT2D eigenvalue weighted by molar-refractivity contribution is -0.118. The fourth-order valence-corrected chi connectivity index (χ4v) is 4.10. The number of anilines is 1. The van der Waals surface area contributed by atoms with Gasteiger partial charge in [0.25, 0.3) is 0 Å². The summed E-state index contributed by atoms with van der Waals surface area (Å²) in [5, 5.41) is 0.492. The lowest BCUT2D eigenvalue weighted by Gasteiger charge is -2.28. The van der Waals surface area contributed by atoms with Gasteiger partial charge in [-0.05, 0) is 23.8 Å². The zero-order valence-corrected chi connectivity index (χ0v) is 14.9. The van der Waals surface area contributed by atoms with Crippen LogP contribution in [0.2, 0.25) is 5.02 Å². The monoisotopic (exact) mass is 364 g/mol. The van der Waals surface area contributed by atoms with Crippen LogP contribution in [-0.2, 0) is 14.8 Å². The van der Waals surface area contributed by atoms with Crippen LogP contribution in [0.1, 0.15) is 17.2 Å². The Kier molecular flexibility index (Phi) is 4.38. The van der Waals surface area contributed by atoms with E-state index in [0.717, 1.165) is 11.8 Å². The van der Waals surface area contributed by atoms with Gasteiger partial charge in [-0.25, -0.2) is 8.42 Å². The molecule has 0 saturated carbocycles. The molecule has 126 valence electrons. The number of hydrogen-bond acceptors (Lipinski definition) is 3. The minimum absolute atomic E-state index is 0.221. The third kappa shape index (κ3) is 3.05. The standard InChI is InChI=1S/C17H17ClN2O3S/c1-19-15-9-8-13(18)10-14(15)17(12-6-4-3-5-7-12)20(11-16(19)21)24(2,22)23/h3-10,17H,11H2,1-2H3. The molecule has 1 aliphatic rings. The Morgan fingerprint density at radius 3 is 2.42 bits per heavy atom. The van der Waals surface area contributed by atoms with Crippen molar-refractivity contribution in [3.8, 4) is 0 Å². The number of sulfonamides is 1. The Morgan fingerprint density at radius 2 is 1.79 bits per heavy atom. The predicted octanol–water partition coefficient (Wildman–Crippen LogP) is 2.67. The summed E-state index contributed by atoms with van der Waals surface area (Å²) in [5.41, 5.74) is 2.13. The molecule has 0 aliphatic carbocycles. The minimum Gasteiger partial charge on any atom is -0.314 e. The van der Waals surface area contributed by atoms with Gasteiger partial charge < -0.3 is 4.90 Å². The van der Waals surface area contributed by atoms with Crippen LogP contribution in [0.3, 0.4) is 0 Å². The minimum atomic E-state index is -3.62. The lowest BCUT2D eigenvalue weighted by atomic mass is 9.97. The number of amides is 1. The second kappa shape index (κ2) is 6.20. The van der Waals surface area contributed by atoms with E-state index in [1.165, 1.54) is 9.21 Å². The van der Waals surface area contributed by atoms with Crippen LogP contribution < -0.4 is 4.90 Å². The second-order valence-electron chi connectivity index (χ2n) is 5.78. The highest BCUT2D eigenvalue weighted by Crippen LogP contribution is 2.39. The molecule has 7 heteroatoms. The molecule has 0 saturated heterocycles. The van der Waals surface area contributed by atoms with Crippen molar-refractivity contribution in [3.63, 3.8) is 0 Å². The molecule has 3 rings (SSSR count). The fraction of sp³-hybridized carbons (Fsp3) is 0.235. The average Bonchev–Trinajstić information content (AvgIpc) is 2.64. The van der Waals surface area contributed by atoms with Crippen molar-refractivity contribution in [2.24, 2.45) is 0 Å². The first kappa shape index (κ1) is 17.0. The van der Waals surface area contributed by atoms with Gasteiger partial charge in [0.1, 0.15) is 0 Å². The molecule has 0 aromatic heterocycles. The largest absolute Gasteiger partial charge is 0.314 e. The summed E-state index contributed by atoms with van der Waals surface area (Å²) in [6, 6.07) is 13.8. The average molecular weight is 365 g/mol. The molecule has 0 bridgehead atoms. The molecule has 0 radical (unpaired) electrons. The van der Waals surface area contributed by atoms with E-state index in [-0.39, 0.29) is 12.5 Å². The van der Waals surface area contributed by atoms with E-state index in [2.05, 4.69) is 0 Å². The summed E-state index contributed by atoms with van der Waals surface area (Å²) in [7, 11) is -1.97. The number of rotatable bonds is 2. The summed E-state index contributed by atoms with van der Waals surface area (Å²) in [6.07, 6.45) is 1.12. The molecule has 1 atom stereocenters. The van der Waals surface area contributed by atoms with Crippen molar-refractivity contribution in [1.29, 1.82) is 0 Å². The topological polar surface area (TPSA) is 57.7 Å². The van der Waals surface area contributed by atoms with Gasteiger partial charge in [-0.3, -0.25) is 4.79 Å². The molecule has 2 aromatic rings. The number of halogens is 1. The molecule has 0 fully saturated rings. The molecule has 1 amide bonds. The van der Waals surface area contributed by atoms with E-state index < -0.39 is 16.1 Å². The molecule has 2 aromatic carbocycles. The number of fused-ring (bicyclic) bond motifs is 1. The van der Waals surface area contributed by atoms with Crippen LogP contribution in [0.25, 0.3) is 0 Å². The highest BCUT2D eigenvalue weighted by molar-refractivity contribution is 7.88. The van der Waals surface area contributed by atoms with Gasteiger partial charge in [0.05, 0.1) is 18.8 Å². The van der Waals surface area contributed by atoms with Crippen molar-refractivity contribution < 1.29 is 13.2 Å². The van der Waals surface area contributed by atoms with Crippen molar-refractivity contribution in [1.82, 2.24) is 4.31 Å². The quantitative estimate of drug-likeness (QED) is 0.823. The first-order valence-electron chi connectivity index (χ1n) is 7.37. The molecule has 5 nitrogen and oxygen atoms in total. The van der Waals surface area contributed by atoms with Crippen LogP contribution >= 0.6 is 11.6 Å². The lowest BCUT2D eigenvalue weighted by Crippen LogP contribution is -2.40. The van der Waals surface area contributed by atoms with Crippen molar-refractivity contribution in [2.75, 3.05) is 24.7 Å². The molecule has 1 unspecified atom stereocenters. The predicted molar refractivity (Wildman–Crippen MR) is 94.7 cm³/mol. The molecule has 24 heavy (non-hydrogen) atoms. The number of carbonyl (C=O) groups excluding carboxylic acids is 1. The maximum atomic E-state index is 12.5. The van der Waals surface area contributed by atoms with E-state index in [0.29, 0.717) is 16.3 Å². The highest BCUT2D eigenvalue weighted by Gasteiger charge is 2.37. The van der Waals surface area contributed by atoms with E-state index in [1.54, 1.807) is 25.2 Å². The fourth-order valence-electron chi connectivity index (χ4n) is 2.96. The van der Waals surface area contributed by atoms with Gasteiger partial charge in [0.15, 0.2) is 0 Å². The zero-order chi connectivity index (χ0) is 17.5. The normalized spacial score (nSPS) is 19.0. The summed E-state index contributed by atoms with van der Waals surface area (Å²) < 4.78 is 26.0. The Hall–Kier alpha value is -1.89. The Labute approximate surface area is 146 Å². The van der Waals surface area contributed by atoms with Crippen LogP contribution in [0.4, 0.5) is 5.69 Å². The van der Waals surface area contributed by atoms with Crippen LogP contribution in [0.5, 0.6) is 0 Å². The summed E-state index contributed by atoms with van der Waals surface area (Å²) in [6.45, 7) is -0.221. The van der Waals surface area contributed by atoms with Crippen LogP contribution in [-0.4, -0.2) is 38.5 Å². The SMILES string of the molecule is CN1C(=O)CN(S(C)(=O)=O)C(c2ccccc2)c2cc(Cl)ccc21. The first-order valence-corrected chi connectivity index (χ1v) is 9.59. The molecule has 1 heterocycles. The van der Waals surface area contributed by atoms with E-state index in [4.69, 9.17) is 11.6 Å². The van der Waals surface area contributed by atoms with Gasteiger partial charge in [-0.1, -0.05) is 41.9 Å². The zero-order valence-electron chi connectivity index (χ0n) is 13.3. The van der Waals surface area contributed by atoms with Crippen LogP contribution in [0, 0.1) is 0 Å². The van der Waals surface area contributed by atoms with Gasteiger partial charge in [0.2, 0.25) is 15.9 Å². The molecule has 1 aliphatic heterocycles. The van der Waals surface area contributed by atoms with E-state index in [9.17, 15) is 13.2 Å². The maximum Gasteiger partial charge on any atom is 0.242 e. The number of nitrogens with zero attached hydrogens (tertiary/aromatic N) is 2. The van der Waals surface area contributed by atoms with Crippen molar-refractivity contribution >= 4 is 33.2 Å². The number of carbonyl (C=O) groups is 1. The third-order valence-electron chi connectivity index (χ3n) is 4.14. The smallest absolute Gasteiger partial charge is 0.242 e. The Bertz CT molecular complexity index is 884. The van der Waals surface area contributed by atoms with Crippen LogP contribution in [0.15, 0.2) is 48.5 Å². The number of likely N-dealkylation sites (N-methyl/N-ethyl adjacent to an activating group) is 1. The molecule has 0 N–H and O–H groups in total. The van der Waals surface area contributed by atoms with E-state index in [1.807, 2.05) is 30.3 Å². The van der Waals surface area contributed by atoms with Gasteiger partial charge in [-0.2, -0.15) is 4.31 Å². The van der Waals surface area contributed by atoms with Gasteiger partial charge >= 0.3 is 0 Å². The van der Waals surface area contributed by atoms with Crippen molar-refractivity contribution in [3.05, 3.63) is 64.7 Å². The first-order chi connectivity index (χ1) is 11.3.